The van der Waals surface area contributed by atoms with E-state index in [0.717, 1.165) is 35.6 Å². The second-order valence-corrected chi connectivity index (χ2v) is 6.83. The van der Waals surface area contributed by atoms with E-state index in [-0.39, 0.29) is 12.5 Å². The standard InChI is InChI=1S/C21H24N4O3/c1-15-22-17-8-7-16(13-18(17)23-15)24-9-11-25(12-10-24)21(26)14-28-20-6-4-3-5-19(20)27-2/h3-8,13H,9-12,14H2,1-2H3,(H,22,23). The van der Waals surface area contributed by atoms with Gasteiger partial charge < -0.3 is 24.3 Å². The zero-order valence-electron chi connectivity index (χ0n) is 16.1. The van der Waals surface area contributed by atoms with Crippen molar-refractivity contribution in [2.75, 3.05) is 44.8 Å². The number of ether oxygens (including phenoxy) is 2. The molecule has 1 aromatic heterocycles. The van der Waals surface area contributed by atoms with Crippen LogP contribution in [0.15, 0.2) is 42.5 Å². The van der Waals surface area contributed by atoms with Gasteiger partial charge in [-0.05, 0) is 37.3 Å². The molecule has 7 nitrogen and oxygen atoms in total. The van der Waals surface area contributed by atoms with Crippen LogP contribution in [0.25, 0.3) is 11.0 Å². The minimum absolute atomic E-state index is 0.00907. The molecule has 1 aliphatic heterocycles. The molecule has 0 bridgehead atoms. The van der Waals surface area contributed by atoms with Gasteiger partial charge >= 0.3 is 0 Å². The lowest BCUT2D eigenvalue weighted by Crippen LogP contribution is -2.50. The third kappa shape index (κ3) is 3.74. The molecule has 28 heavy (non-hydrogen) atoms. The maximum absolute atomic E-state index is 12.5. The summed E-state index contributed by atoms with van der Waals surface area (Å²) in [5, 5.41) is 0. The molecule has 1 fully saturated rings. The molecule has 0 radical (unpaired) electrons. The fourth-order valence-electron chi connectivity index (χ4n) is 3.50. The lowest BCUT2D eigenvalue weighted by molar-refractivity contribution is -0.133. The van der Waals surface area contributed by atoms with Crippen molar-refractivity contribution in [3.63, 3.8) is 0 Å². The zero-order valence-corrected chi connectivity index (χ0v) is 16.1. The predicted molar refractivity (Wildman–Crippen MR) is 108 cm³/mol. The normalized spacial score (nSPS) is 14.4. The first-order valence-corrected chi connectivity index (χ1v) is 9.39. The van der Waals surface area contributed by atoms with Gasteiger partial charge in [0.1, 0.15) is 5.82 Å². The number of hydrogen-bond acceptors (Lipinski definition) is 5. The summed E-state index contributed by atoms with van der Waals surface area (Å²) in [6, 6.07) is 13.6. The van der Waals surface area contributed by atoms with E-state index in [0.29, 0.717) is 24.6 Å². The number of methoxy groups -OCH3 is 1. The van der Waals surface area contributed by atoms with Crippen molar-refractivity contribution in [3.8, 4) is 11.5 Å². The molecule has 2 aromatic carbocycles. The molecule has 0 unspecified atom stereocenters. The van der Waals surface area contributed by atoms with Crippen LogP contribution >= 0.6 is 0 Å². The number of nitrogens with zero attached hydrogens (tertiary/aromatic N) is 3. The number of piperazine rings is 1. The van der Waals surface area contributed by atoms with E-state index >= 15 is 0 Å². The Bertz CT molecular complexity index is 977. The number of hydrogen-bond donors (Lipinski definition) is 1. The lowest BCUT2D eigenvalue weighted by Gasteiger charge is -2.36. The molecule has 7 heteroatoms. The summed E-state index contributed by atoms with van der Waals surface area (Å²) in [5.74, 6) is 2.12. The van der Waals surface area contributed by atoms with Crippen LogP contribution in [0.3, 0.4) is 0 Å². The Kier molecular flexibility index (Phi) is 5.06. The molecule has 0 spiro atoms. The van der Waals surface area contributed by atoms with Crippen LogP contribution < -0.4 is 14.4 Å². The number of fused-ring (bicyclic) bond motifs is 1. The Morgan fingerprint density at radius 3 is 2.61 bits per heavy atom. The van der Waals surface area contributed by atoms with E-state index in [1.165, 1.54) is 0 Å². The summed E-state index contributed by atoms with van der Waals surface area (Å²) in [4.78, 5) is 24.4. The molecular weight excluding hydrogens is 356 g/mol. The summed E-state index contributed by atoms with van der Waals surface area (Å²) in [6.45, 7) is 4.90. The molecule has 1 saturated heterocycles. The number of aromatic amines is 1. The van der Waals surface area contributed by atoms with Gasteiger partial charge in [-0.2, -0.15) is 0 Å². The van der Waals surface area contributed by atoms with Gasteiger partial charge in [0.2, 0.25) is 0 Å². The summed E-state index contributed by atoms with van der Waals surface area (Å²) in [7, 11) is 1.59. The SMILES string of the molecule is COc1ccccc1OCC(=O)N1CCN(c2ccc3nc(C)[nH]c3c2)CC1. The molecule has 2 heterocycles. The maximum atomic E-state index is 12.5. The maximum Gasteiger partial charge on any atom is 0.260 e. The number of para-hydroxylation sites is 2. The van der Waals surface area contributed by atoms with Crippen LogP contribution in [-0.4, -0.2) is 60.7 Å². The minimum atomic E-state index is -0.00907. The molecular formula is C21H24N4O3. The van der Waals surface area contributed by atoms with Crippen LogP contribution in [0.2, 0.25) is 0 Å². The number of carbonyl (C=O) groups is 1. The number of benzene rings is 2. The quantitative estimate of drug-likeness (QED) is 0.737. The minimum Gasteiger partial charge on any atom is -0.493 e. The number of nitrogens with one attached hydrogen (secondary N) is 1. The van der Waals surface area contributed by atoms with Gasteiger partial charge in [0.25, 0.3) is 5.91 Å². The fourth-order valence-corrected chi connectivity index (χ4v) is 3.50. The number of amides is 1. The van der Waals surface area contributed by atoms with Crippen LogP contribution in [0.4, 0.5) is 5.69 Å². The molecule has 1 N–H and O–H groups in total. The van der Waals surface area contributed by atoms with E-state index < -0.39 is 0 Å². The van der Waals surface area contributed by atoms with E-state index in [1.54, 1.807) is 13.2 Å². The highest BCUT2D eigenvalue weighted by Gasteiger charge is 2.22. The number of aryl methyl sites for hydroxylation is 1. The Morgan fingerprint density at radius 1 is 1.11 bits per heavy atom. The Balaban J connectivity index is 1.33. The molecule has 0 atom stereocenters. The van der Waals surface area contributed by atoms with E-state index in [4.69, 9.17) is 9.47 Å². The molecule has 1 aliphatic rings. The Morgan fingerprint density at radius 2 is 1.86 bits per heavy atom. The monoisotopic (exact) mass is 380 g/mol. The first-order valence-electron chi connectivity index (χ1n) is 9.39. The molecule has 3 aromatic rings. The smallest absolute Gasteiger partial charge is 0.260 e. The van der Waals surface area contributed by atoms with Crippen LogP contribution in [0.5, 0.6) is 11.5 Å². The summed E-state index contributed by atoms with van der Waals surface area (Å²) in [6.07, 6.45) is 0. The molecule has 0 saturated carbocycles. The largest absolute Gasteiger partial charge is 0.493 e. The van der Waals surface area contributed by atoms with E-state index in [1.807, 2.05) is 36.1 Å². The molecule has 0 aliphatic carbocycles. The number of carbonyl (C=O) groups excluding carboxylic acids is 1. The lowest BCUT2D eigenvalue weighted by atomic mass is 10.2. The van der Waals surface area contributed by atoms with Crippen molar-refractivity contribution in [1.29, 1.82) is 0 Å². The van der Waals surface area contributed by atoms with Gasteiger partial charge in [-0.1, -0.05) is 12.1 Å². The number of aromatic nitrogens is 2. The van der Waals surface area contributed by atoms with Gasteiger partial charge in [-0.25, -0.2) is 4.98 Å². The first kappa shape index (κ1) is 18.2. The second-order valence-electron chi connectivity index (χ2n) is 6.83. The Labute approximate surface area is 163 Å². The van der Waals surface area contributed by atoms with Gasteiger partial charge in [0.05, 0.1) is 18.1 Å². The van der Waals surface area contributed by atoms with E-state index in [9.17, 15) is 4.79 Å². The average Bonchev–Trinajstić information content (AvgIpc) is 3.11. The van der Waals surface area contributed by atoms with Crippen LogP contribution in [-0.2, 0) is 4.79 Å². The number of imidazole rings is 1. The van der Waals surface area contributed by atoms with E-state index in [2.05, 4.69) is 27.0 Å². The van der Waals surface area contributed by atoms with Gasteiger partial charge in [0.15, 0.2) is 18.1 Å². The number of anilines is 1. The van der Waals surface area contributed by atoms with Gasteiger partial charge in [0, 0.05) is 31.9 Å². The Hall–Kier alpha value is -3.22. The summed E-state index contributed by atoms with van der Waals surface area (Å²) >= 11 is 0. The van der Waals surface area contributed by atoms with Crippen molar-refractivity contribution < 1.29 is 14.3 Å². The van der Waals surface area contributed by atoms with Crippen molar-refractivity contribution >= 4 is 22.6 Å². The van der Waals surface area contributed by atoms with Crippen molar-refractivity contribution in [2.24, 2.45) is 0 Å². The van der Waals surface area contributed by atoms with Crippen molar-refractivity contribution in [1.82, 2.24) is 14.9 Å². The average molecular weight is 380 g/mol. The van der Waals surface area contributed by atoms with Gasteiger partial charge in [-0.15, -0.1) is 0 Å². The van der Waals surface area contributed by atoms with Crippen LogP contribution in [0.1, 0.15) is 5.82 Å². The first-order chi connectivity index (χ1) is 13.6. The highest BCUT2D eigenvalue weighted by atomic mass is 16.5. The van der Waals surface area contributed by atoms with Crippen molar-refractivity contribution in [3.05, 3.63) is 48.3 Å². The highest BCUT2D eigenvalue weighted by molar-refractivity contribution is 5.80. The summed E-state index contributed by atoms with van der Waals surface area (Å²) in [5.41, 5.74) is 3.16. The molecule has 4 rings (SSSR count). The highest BCUT2D eigenvalue weighted by Crippen LogP contribution is 2.26. The van der Waals surface area contributed by atoms with Crippen molar-refractivity contribution in [2.45, 2.75) is 6.92 Å². The molecule has 146 valence electrons. The summed E-state index contributed by atoms with van der Waals surface area (Å²) < 4.78 is 10.9. The topological polar surface area (TPSA) is 70.7 Å². The zero-order chi connectivity index (χ0) is 19.5. The second kappa shape index (κ2) is 7.80. The van der Waals surface area contributed by atoms with Crippen LogP contribution in [0, 0.1) is 6.92 Å². The third-order valence-electron chi connectivity index (χ3n) is 5.00. The number of H-pyrrole nitrogens is 1. The number of rotatable bonds is 5. The van der Waals surface area contributed by atoms with Gasteiger partial charge in [-0.3, -0.25) is 4.79 Å². The third-order valence-corrected chi connectivity index (χ3v) is 5.00. The fraction of sp³-hybridized carbons (Fsp3) is 0.333. The molecule has 1 amide bonds. The predicted octanol–water partition coefficient (Wildman–Crippen LogP) is 2.61.